The van der Waals surface area contributed by atoms with Crippen LogP contribution in [0.4, 0.5) is 0 Å². The lowest BCUT2D eigenvalue weighted by atomic mass is 10.2. The van der Waals surface area contributed by atoms with Crippen LogP contribution in [0.3, 0.4) is 0 Å². The number of aliphatic hydroxyl groups excluding tert-OH is 1. The third-order valence-corrected chi connectivity index (χ3v) is 3.63. The zero-order valence-corrected chi connectivity index (χ0v) is 15.4. The zero-order chi connectivity index (χ0) is 20.4. The molecule has 0 aliphatic carbocycles. The van der Waals surface area contributed by atoms with E-state index in [-0.39, 0.29) is 24.0 Å². The summed E-state index contributed by atoms with van der Waals surface area (Å²) in [6.07, 6.45) is 6.83. The Morgan fingerprint density at radius 3 is 2.54 bits per heavy atom. The van der Waals surface area contributed by atoms with Crippen LogP contribution < -0.4 is 5.32 Å². The first-order valence-corrected chi connectivity index (χ1v) is 8.67. The van der Waals surface area contributed by atoms with Crippen molar-refractivity contribution in [2.24, 2.45) is 0 Å². The number of amides is 1. The fraction of sp³-hybridized carbons (Fsp3) is 0.200. The molecule has 0 unspecified atom stereocenters. The number of nitrogens with zero attached hydrogens (tertiary/aromatic N) is 3. The van der Waals surface area contributed by atoms with E-state index in [2.05, 4.69) is 28.7 Å². The number of rotatable bonds is 10. The molecule has 8 nitrogen and oxygen atoms in total. The Labute approximate surface area is 162 Å². The molecule has 0 saturated heterocycles. The quantitative estimate of drug-likeness (QED) is 0.215. The van der Waals surface area contributed by atoms with Crippen LogP contribution in [0.1, 0.15) is 19.3 Å². The minimum absolute atomic E-state index is 0.130. The van der Waals surface area contributed by atoms with Crippen molar-refractivity contribution in [2.75, 3.05) is 6.61 Å². The number of hydrogen-bond donors (Lipinski definition) is 2. The average molecular weight is 382 g/mol. The van der Waals surface area contributed by atoms with Gasteiger partial charge in [-0.2, -0.15) is 0 Å². The van der Waals surface area contributed by atoms with Gasteiger partial charge in [0.2, 0.25) is 5.91 Å². The van der Waals surface area contributed by atoms with E-state index < -0.39 is 5.97 Å². The average Bonchev–Trinajstić information content (AvgIpc) is 3.14. The highest BCUT2D eigenvalue weighted by atomic mass is 16.5. The first-order chi connectivity index (χ1) is 13.5. The molecule has 0 aliphatic heterocycles. The van der Waals surface area contributed by atoms with Crippen molar-refractivity contribution < 1.29 is 19.4 Å². The van der Waals surface area contributed by atoms with Gasteiger partial charge in [0.1, 0.15) is 22.5 Å². The second kappa shape index (κ2) is 10.5. The van der Waals surface area contributed by atoms with Gasteiger partial charge in [0, 0.05) is 18.7 Å². The highest BCUT2D eigenvalue weighted by molar-refractivity contribution is 5.81. The third kappa shape index (κ3) is 6.24. The molecule has 1 aromatic heterocycles. The molecular formula is C20H22N4O4. The van der Waals surface area contributed by atoms with E-state index in [0.717, 1.165) is 6.08 Å². The minimum Gasteiger partial charge on any atom is -0.506 e. The van der Waals surface area contributed by atoms with Gasteiger partial charge in [-0.25, -0.2) is 4.79 Å². The second-order valence-corrected chi connectivity index (χ2v) is 5.73. The zero-order valence-electron chi connectivity index (χ0n) is 15.4. The van der Waals surface area contributed by atoms with E-state index in [4.69, 9.17) is 4.74 Å². The second-order valence-electron chi connectivity index (χ2n) is 5.73. The lowest BCUT2D eigenvalue weighted by molar-refractivity contribution is -0.137. The van der Waals surface area contributed by atoms with Crippen molar-refractivity contribution in [1.82, 2.24) is 20.3 Å². The topological polar surface area (TPSA) is 106 Å². The predicted octanol–water partition coefficient (Wildman–Crippen LogP) is 2.87. The molecule has 2 N–H and O–H groups in total. The lowest BCUT2D eigenvalue weighted by Gasteiger charge is -2.02. The molecule has 146 valence electrons. The summed E-state index contributed by atoms with van der Waals surface area (Å²) in [6, 6.07) is 7.32. The number of unbranched alkanes of at least 4 members (excludes halogenated alkanes) is 1. The molecule has 1 aromatic carbocycles. The number of carbonyl (C=O) groups is 2. The monoisotopic (exact) mass is 382 g/mol. The van der Waals surface area contributed by atoms with Crippen LogP contribution in [0.15, 0.2) is 67.6 Å². The van der Waals surface area contributed by atoms with Gasteiger partial charge in [0.25, 0.3) is 0 Å². The van der Waals surface area contributed by atoms with Crippen LogP contribution in [-0.4, -0.2) is 38.6 Å². The number of hydrogen-bond acceptors (Lipinski definition) is 6. The van der Waals surface area contributed by atoms with Crippen molar-refractivity contribution in [3.8, 4) is 0 Å². The molecule has 0 fully saturated rings. The molecule has 1 amide bonds. The van der Waals surface area contributed by atoms with Crippen molar-refractivity contribution >= 4 is 28.6 Å². The maximum atomic E-state index is 11.7. The molecule has 0 bridgehead atoms. The molecule has 8 heteroatoms. The number of benzene rings is 1. The van der Waals surface area contributed by atoms with Crippen molar-refractivity contribution in [3.05, 3.63) is 67.6 Å². The summed E-state index contributed by atoms with van der Waals surface area (Å²) in [5, 5.41) is 21.1. The number of allylic oxidation sites excluding steroid dienone is 3. The van der Waals surface area contributed by atoms with E-state index in [1.807, 2.05) is 24.3 Å². The molecule has 0 radical (unpaired) electrons. The fourth-order valence-electron chi connectivity index (χ4n) is 2.15. The van der Waals surface area contributed by atoms with E-state index in [1.54, 1.807) is 0 Å². The van der Waals surface area contributed by atoms with Gasteiger partial charge in [-0.1, -0.05) is 25.3 Å². The number of fused-ring (bicyclic) bond motifs is 1. The Hall–Kier alpha value is -3.68. The molecule has 0 spiro atoms. The highest BCUT2D eigenvalue weighted by Crippen LogP contribution is 2.13. The van der Waals surface area contributed by atoms with Gasteiger partial charge >= 0.3 is 5.97 Å². The summed E-state index contributed by atoms with van der Waals surface area (Å²) >= 11 is 0. The number of carbonyl (C=O) groups excluding carboxylic acids is 2. The molecular weight excluding hydrogens is 360 g/mol. The molecule has 2 aromatic rings. The van der Waals surface area contributed by atoms with E-state index >= 15 is 0 Å². The summed E-state index contributed by atoms with van der Waals surface area (Å²) < 4.78 is 4.82. The molecule has 0 aliphatic rings. The summed E-state index contributed by atoms with van der Waals surface area (Å²) in [6.45, 7) is 7.32. The predicted molar refractivity (Wildman–Crippen MR) is 106 cm³/mol. The van der Waals surface area contributed by atoms with Gasteiger partial charge in [0.05, 0.1) is 6.61 Å². The largest absolute Gasteiger partial charge is 0.506 e. The Morgan fingerprint density at radius 1 is 1.21 bits per heavy atom. The first kappa shape index (κ1) is 20.6. The van der Waals surface area contributed by atoms with Crippen LogP contribution in [0.5, 0.6) is 0 Å². The number of aliphatic hydroxyl groups is 1. The van der Waals surface area contributed by atoms with Gasteiger partial charge in [-0.15, -0.1) is 15.0 Å². The Morgan fingerprint density at radius 2 is 1.89 bits per heavy atom. The van der Waals surface area contributed by atoms with Crippen LogP contribution in [0, 0.1) is 0 Å². The molecule has 1 heterocycles. The van der Waals surface area contributed by atoms with Crippen LogP contribution in [0.2, 0.25) is 0 Å². The Balaban J connectivity index is 1.75. The SMILES string of the molecule is C=CC(=O)OCCCCC(=O)N/C=C/C=C(/O)C(=C)n1nc2ccccc2n1. The standard InChI is InChI=1S/C20H22N4O4/c1-3-20(27)28-14-7-6-12-19(26)21-13-8-11-18(25)15(2)24-22-16-9-4-5-10-17(16)23-24/h3-5,8-11,13,25H,1-2,6-7,12,14H2,(H,21,26)/b13-8+,18-11+. The van der Waals surface area contributed by atoms with Crippen LogP contribution in [-0.2, 0) is 14.3 Å². The molecule has 28 heavy (non-hydrogen) atoms. The van der Waals surface area contributed by atoms with E-state index in [0.29, 0.717) is 30.3 Å². The summed E-state index contributed by atoms with van der Waals surface area (Å²) in [7, 11) is 0. The van der Waals surface area contributed by atoms with E-state index in [9.17, 15) is 14.7 Å². The summed E-state index contributed by atoms with van der Waals surface area (Å²) in [5.41, 5.74) is 1.60. The fourth-order valence-corrected chi connectivity index (χ4v) is 2.15. The van der Waals surface area contributed by atoms with E-state index in [1.165, 1.54) is 23.1 Å². The maximum Gasteiger partial charge on any atom is 0.330 e. The van der Waals surface area contributed by atoms with Crippen LogP contribution >= 0.6 is 0 Å². The number of ether oxygens (including phenoxy) is 1. The van der Waals surface area contributed by atoms with Gasteiger partial charge < -0.3 is 15.2 Å². The van der Waals surface area contributed by atoms with Gasteiger partial charge in [-0.3, -0.25) is 4.79 Å². The Bertz CT molecular complexity index is 894. The van der Waals surface area contributed by atoms with Crippen LogP contribution in [0.25, 0.3) is 16.7 Å². The summed E-state index contributed by atoms with van der Waals surface area (Å²) in [4.78, 5) is 23.8. The van der Waals surface area contributed by atoms with Gasteiger partial charge in [0.15, 0.2) is 0 Å². The summed E-state index contributed by atoms with van der Waals surface area (Å²) in [5.74, 6) is -0.785. The molecule has 0 atom stereocenters. The lowest BCUT2D eigenvalue weighted by Crippen LogP contribution is -2.16. The maximum absolute atomic E-state index is 11.7. The van der Waals surface area contributed by atoms with Crippen molar-refractivity contribution in [1.29, 1.82) is 0 Å². The number of aromatic nitrogens is 3. The first-order valence-electron chi connectivity index (χ1n) is 8.67. The number of esters is 1. The molecule has 2 rings (SSSR count). The van der Waals surface area contributed by atoms with Crippen molar-refractivity contribution in [2.45, 2.75) is 19.3 Å². The minimum atomic E-state index is -0.473. The molecule has 0 saturated carbocycles. The highest BCUT2D eigenvalue weighted by Gasteiger charge is 2.07. The van der Waals surface area contributed by atoms with Crippen molar-refractivity contribution in [3.63, 3.8) is 0 Å². The van der Waals surface area contributed by atoms with Gasteiger partial charge in [-0.05, 0) is 37.1 Å². The number of nitrogens with one attached hydrogen (secondary N) is 1. The smallest absolute Gasteiger partial charge is 0.330 e. The third-order valence-electron chi connectivity index (χ3n) is 3.63. The normalized spacial score (nSPS) is 11.5. The Kier molecular flexibility index (Phi) is 7.71.